The Morgan fingerprint density at radius 3 is 2.60 bits per heavy atom. The van der Waals surface area contributed by atoms with Crippen LogP contribution in [-0.2, 0) is 28.9 Å². The van der Waals surface area contributed by atoms with Crippen molar-refractivity contribution in [3.05, 3.63) is 68.6 Å². The Labute approximate surface area is 145 Å². The second kappa shape index (κ2) is 8.05. The van der Waals surface area contributed by atoms with Gasteiger partial charge >= 0.3 is 5.97 Å². The predicted octanol–water partition coefficient (Wildman–Crippen LogP) is 3.09. The summed E-state index contributed by atoms with van der Waals surface area (Å²) < 4.78 is 33.8. The van der Waals surface area contributed by atoms with E-state index in [1.54, 1.807) is 25.3 Å². The van der Waals surface area contributed by atoms with Crippen LogP contribution in [-0.4, -0.2) is 17.1 Å². The second-order valence-corrected chi connectivity index (χ2v) is 5.81. The first-order valence-electron chi connectivity index (χ1n) is 8.13. The van der Waals surface area contributed by atoms with Crippen LogP contribution >= 0.6 is 0 Å². The Balaban J connectivity index is 2.34. The van der Waals surface area contributed by atoms with Gasteiger partial charge < -0.3 is 9.30 Å². The molecule has 1 aromatic heterocycles. The number of pyridine rings is 1. The average Bonchev–Trinajstić information content (AvgIpc) is 2.57. The normalized spacial score (nSPS) is 10.8. The zero-order chi connectivity index (χ0) is 18.6. The Bertz CT molecular complexity index is 843. The van der Waals surface area contributed by atoms with Gasteiger partial charge in [0.2, 0.25) is 0 Å². The molecule has 25 heavy (non-hydrogen) atoms. The highest BCUT2D eigenvalue weighted by Crippen LogP contribution is 2.15. The van der Waals surface area contributed by atoms with E-state index in [0.717, 1.165) is 6.07 Å². The van der Waals surface area contributed by atoms with Gasteiger partial charge in [-0.3, -0.25) is 9.59 Å². The van der Waals surface area contributed by atoms with Gasteiger partial charge in [0.05, 0.1) is 6.61 Å². The molecule has 0 saturated carbocycles. The topological polar surface area (TPSA) is 48.3 Å². The minimum absolute atomic E-state index is 0.0260. The number of hydrogen-bond donors (Lipinski definition) is 0. The zero-order valence-electron chi connectivity index (χ0n) is 14.6. The van der Waals surface area contributed by atoms with Crippen LogP contribution in [0.3, 0.4) is 0 Å². The number of halogens is 2. The molecule has 0 aliphatic heterocycles. The van der Waals surface area contributed by atoms with Crippen molar-refractivity contribution < 1.29 is 18.3 Å². The smallest absolute Gasteiger partial charge is 0.325 e. The first kappa shape index (κ1) is 18.8. The van der Waals surface area contributed by atoms with Crippen LogP contribution in [0, 0.1) is 25.5 Å². The summed E-state index contributed by atoms with van der Waals surface area (Å²) in [5.41, 5.74) is 1.88. The van der Waals surface area contributed by atoms with Crippen molar-refractivity contribution in [1.82, 2.24) is 4.57 Å². The average molecular weight is 349 g/mol. The molecule has 0 aliphatic rings. The van der Waals surface area contributed by atoms with Crippen molar-refractivity contribution in [1.29, 1.82) is 0 Å². The SMILES string of the molecule is CCOC(=O)Cn1c(CCc2cccc(F)c2F)cc(=O)c(C)c1C. The number of rotatable bonds is 6. The van der Waals surface area contributed by atoms with E-state index in [1.165, 1.54) is 18.2 Å². The molecule has 0 aliphatic carbocycles. The molecule has 0 radical (unpaired) electrons. The summed E-state index contributed by atoms with van der Waals surface area (Å²) in [5, 5.41) is 0. The quantitative estimate of drug-likeness (QED) is 0.753. The molecular weight excluding hydrogens is 328 g/mol. The van der Waals surface area contributed by atoms with Crippen molar-refractivity contribution in [2.45, 2.75) is 40.2 Å². The number of carbonyl (C=O) groups excluding carboxylic acids is 1. The predicted molar refractivity (Wildman–Crippen MR) is 90.6 cm³/mol. The maximum atomic E-state index is 13.8. The van der Waals surface area contributed by atoms with Crippen LogP contribution in [0.2, 0.25) is 0 Å². The fraction of sp³-hybridized carbons (Fsp3) is 0.368. The lowest BCUT2D eigenvalue weighted by Gasteiger charge is -2.18. The van der Waals surface area contributed by atoms with Crippen LogP contribution in [0.25, 0.3) is 0 Å². The molecule has 134 valence electrons. The van der Waals surface area contributed by atoms with Crippen molar-refractivity contribution >= 4 is 5.97 Å². The first-order valence-corrected chi connectivity index (χ1v) is 8.13. The lowest BCUT2D eigenvalue weighted by molar-refractivity contribution is -0.143. The molecule has 1 heterocycles. The summed E-state index contributed by atoms with van der Waals surface area (Å²) >= 11 is 0. The third kappa shape index (κ3) is 4.32. The number of esters is 1. The molecule has 1 aromatic carbocycles. The molecule has 0 saturated heterocycles. The summed E-state index contributed by atoms with van der Waals surface area (Å²) in [6.45, 7) is 5.40. The van der Waals surface area contributed by atoms with E-state index >= 15 is 0 Å². The summed E-state index contributed by atoms with van der Waals surface area (Å²) in [6.07, 6.45) is 0.518. The molecular formula is C19H21F2NO3. The largest absolute Gasteiger partial charge is 0.465 e. The molecule has 0 spiro atoms. The first-order chi connectivity index (χ1) is 11.8. The number of carbonyl (C=O) groups is 1. The van der Waals surface area contributed by atoms with E-state index < -0.39 is 17.6 Å². The third-order valence-electron chi connectivity index (χ3n) is 4.24. The minimum Gasteiger partial charge on any atom is -0.465 e. The number of ether oxygens (including phenoxy) is 1. The van der Waals surface area contributed by atoms with Gasteiger partial charge in [0, 0.05) is 23.0 Å². The standard InChI is InChI=1S/C19H21F2NO3/c1-4-25-18(24)11-22-13(3)12(2)17(23)10-15(22)9-8-14-6-5-7-16(20)19(14)21/h5-7,10H,4,8-9,11H2,1-3H3. The number of benzene rings is 1. The van der Waals surface area contributed by atoms with Gasteiger partial charge in [0.1, 0.15) is 6.54 Å². The molecule has 6 heteroatoms. The van der Waals surface area contributed by atoms with E-state index in [1.807, 2.05) is 0 Å². The number of nitrogens with zero attached hydrogens (tertiary/aromatic N) is 1. The van der Waals surface area contributed by atoms with E-state index in [9.17, 15) is 18.4 Å². The highest BCUT2D eigenvalue weighted by Gasteiger charge is 2.15. The highest BCUT2D eigenvalue weighted by atomic mass is 19.2. The second-order valence-electron chi connectivity index (χ2n) is 5.81. The maximum absolute atomic E-state index is 13.8. The van der Waals surface area contributed by atoms with Gasteiger partial charge in [0.25, 0.3) is 0 Å². The van der Waals surface area contributed by atoms with Crippen molar-refractivity contribution in [2.75, 3.05) is 6.61 Å². The van der Waals surface area contributed by atoms with E-state index in [4.69, 9.17) is 4.74 Å². The summed E-state index contributed by atoms with van der Waals surface area (Å²) in [4.78, 5) is 23.9. The fourth-order valence-corrected chi connectivity index (χ4v) is 2.70. The molecule has 0 atom stereocenters. The Morgan fingerprint density at radius 1 is 1.20 bits per heavy atom. The van der Waals surface area contributed by atoms with E-state index in [0.29, 0.717) is 23.4 Å². The molecule has 2 rings (SSSR count). The third-order valence-corrected chi connectivity index (χ3v) is 4.24. The van der Waals surface area contributed by atoms with Gasteiger partial charge in [-0.15, -0.1) is 0 Å². The lowest BCUT2D eigenvalue weighted by atomic mass is 10.0. The van der Waals surface area contributed by atoms with E-state index in [2.05, 4.69) is 0 Å². The van der Waals surface area contributed by atoms with Gasteiger partial charge in [-0.2, -0.15) is 0 Å². The van der Waals surface area contributed by atoms with E-state index in [-0.39, 0.29) is 30.6 Å². The maximum Gasteiger partial charge on any atom is 0.325 e. The van der Waals surface area contributed by atoms with Crippen molar-refractivity contribution in [3.63, 3.8) is 0 Å². The van der Waals surface area contributed by atoms with Crippen LogP contribution in [0.15, 0.2) is 29.1 Å². The minimum atomic E-state index is -0.901. The Kier molecular flexibility index (Phi) is 6.07. The molecule has 0 bridgehead atoms. The van der Waals surface area contributed by atoms with Gasteiger partial charge in [-0.05, 0) is 45.2 Å². The molecule has 0 N–H and O–H groups in total. The van der Waals surface area contributed by atoms with Gasteiger partial charge in [-0.25, -0.2) is 8.78 Å². The van der Waals surface area contributed by atoms with Crippen LogP contribution in [0.4, 0.5) is 8.78 Å². The molecule has 0 fully saturated rings. The van der Waals surface area contributed by atoms with Crippen LogP contribution in [0.1, 0.15) is 29.4 Å². The van der Waals surface area contributed by atoms with Crippen molar-refractivity contribution in [2.24, 2.45) is 0 Å². The Morgan fingerprint density at radius 2 is 1.92 bits per heavy atom. The Hall–Kier alpha value is -2.50. The number of hydrogen-bond acceptors (Lipinski definition) is 3. The number of aryl methyl sites for hydroxylation is 2. The van der Waals surface area contributed by atoms with Crippen molar-refractivity contribution in [3.8, 4) is 0 Å². The zero-order valence-corrected chi connectivity index (χ0v) is 14.6. The number of aromatic nitrogens is 1. The summed E-state index contributed by atoms with van der Waals surface area (Å²) in [5.74, 6) is -2.20. The molecule has 0 unspecified atom stereocenters. The van der Waals surface area contributed by atoms with Crippen LogP contribution in [0.5, 0.6) is 0 Å². The molecule has 2 aromatic rings. The molecule has 0 amide bonds. The fourth-order valence-electron chi connectivity index (χ4n) is 2.70. The molecule has 4 nitrogen and oxygen atoms in total. The lowest BCUT2D eigenvalue weighted by Crippen LogP contribution is -2.24. The van der Waals surface area contributed by atoms with Gasteiger partial charge in [-0.1, -0.05) is 12.1 Å². The van der Waals surface area contributed by atoms with Crippen LogP contribution < -0.4 is 5.43 Å². The summed E-state index contributed by atoms with van der Waals surface area (Å²) in [7, 11) is 0. The summed E-state index contributed by atoms with van der Waals surface area (Å²) in [6, 6.07) is 5.46. The highest BCUT2D eigenvalue weighted by molar-refractivity contribution is 5.69. The monoisotopic (exact) mass is 349 g/mol. The van der Waals surface area contributed by atoms with Gasteiger partial charge in [0.15, 0.2) is 17.1 Å².